The third-order valence-electron chi connectivity index (χ3n) is 3.17. The van der Waals surface area contributed by atoms with E-state index in [4.69, 9.17) is 11.6 Å². The number of nitrogens with one attached hydrogen (secondary N) is 2. The van der Waals surface area contributed by atoms with Crippen LogP contribution in [-0.2, 0) is 10.0 Å². The molecule has 2 N–H and O–H groups in total. The van der Waals surface area contributed by atoms with Gasteiger partial charge in [-0.3, -0.25) is 4.72 Å². The molecule has 0 amide bonds. The molecule has 0 aliphatic carbocycles. The first kappa shape index (κ1) is 18.1. The van der Waals surface area contributed by atoms with E-state index in [-0.39, 0.29) is 0 Å². The summed E-state index contributed by atoms with van der Waals surface area (Å²) in [5, 5.41) is 3.78. The molecular weight excluding hydrogens is 308 g/mol. The first-order chi connectivity index (χ1) is 9.81. The standard InChI is InChI=1S/C15H25ClN2O2S/c1-4-5-6-7-8-12(2)17-13-9-10-15(14(16)11-13)18-21(3,19)20/h9-12,17-18H,4-8H2,1-3H3. The molecule has 0 saturated carbocycles. The Kier molecular flexibility index (Phi) is 7.32. The Hall–Kier alpha value is -0.940. The fourth-order valence-electron chi connectivity index (χ4n) is 2.12. The summed E-state index contributed by atoms with van der Waals surface area (Å²) < 4.78 is 24.8. The monoisotopic (exact) mass is 332 g/mol. The van der Waals surface area contributed by atoms with Crippen molar-refractivity contribution in [1.82, 2.24) is 0 Å². The first-order valence-electron chi connectivity index (χ1n) is 7.35. The molecule has 0 fully saturated rings. The molecule has 1 rings (SSSR count). The number of unbranched alkanes of at least 4 members (excludes halogenated alkanes) is 3. The Morgan fingerprint density at radius 2 is 1.95 bits per heavy atom. The maximum Gasteiger partial charge on any atom is 0.229 e. The van der Waals surface area contributed by atoms with Gasteiger partial charge in [0.25, 0.3) is 0 Å². The average Bonchev–Trinajstić information content (AvgIpc) is 2.37. The van der Waals surface area contributed by atoms with Gasteiger partial charge >= 0.3 is 0 Å². The van der Waals surface area contributed by atoms with Gasteiger partial charge < -0.3 is 5.32 Å². The van der Waals surface area contributed by atoms with Crippen molar-refractivity contribution in [2.45, 2.75) is 52.0 Å². The zero-order valence-electron chi connectivity index (χ0n) is 12.9. The summed E-state index contributed by atoms with van der Waals surface area (Å²) in [6.45, 7) is 4.35. The molecule has 0 aromatic heterocycles. The summed E-state index contributed by atoms with van der Waals surface area (Å²) in [4.78, 5) is 0. The van der Waals surface area contributed by atoms with Crippen LogP contribution in [0.3, 0.4) is 0 Å². The molecule has 1 aromatic rings. The molecule has 4 nitrogen and oxygen atoms in total. The van der Waals surface area contributed by atoms with Gasteiger partial charge in [0.1, 0.15) is 0 Å². The SMILES string of the molecule is CCCCCCC(C)Nc1ccc(NS(C)(=O)=O)c(Cl)c1. The third-order valence-corrected chi connectivity index (χ3v) is 4.07. The summed E-state index contributed by atoms with van der Waals surface area (Å²) >= 11 is 6.10. The lowest BCUT2D eigenvalue weighted by Gasteiger charge is -2.16. The number of sulfonamides is 1. The average molecular weight is 333 g/mol. The van der Waals surface area contributed by atoms with Crippen LogP contribution in [-0.4, -0.2) is 20.7 Å². The van der Waals surface area contributed by atoms with Gasteiger partial charge in [-0.1, -0.05) is 44.2 Å². The molecule has 0 bridgehead atoms. The van der Waals surface area contributed by atoms with Gasteiger partial charge in [-0.2, -0.15) is 0 Å². The predicted octanol–water partition coefficient (Wildman–Crippen LogP) is 4.48. The van der Waals surface area contributed by atoms with E-state index in [9.17, 15) is 8.42 Å². The summed E-state index contributed by atoms with van der Waals surface area (Å²) in [5.74, 6) is 0. The van der Waals surface area contributed by atoms with E-state index in [0.717, 1.165) is 18.4 Å². The zero-order chi connectivity index (χ0) is 15.9. The summed E-state index contributed by atoms with van der Waals surface area (Å²) in [6.07, 6.45) is 7.22. The van der Waals surface area contributed by atoms with E-state index >= 15 is 0 Å². The molecule has 0 aliphatic rings. The Balaban J connectivity index is 2.55. The fourth-order valence-corrected chi connectivity index (χ4v) is 2.98. The van der Waals surface area contributed by atoms with E-state index in [1.165, 1.54) is 25.7 Å². The normalized spacial score (nSPS) is 13.0. The van der Waals surface area contributed by atoms with Crippen LogP contribution in [0.25, 0.3) is 0 Å². The largest absolute Gasteiger partial charge is 0.383 e. The van der Waals surface area contributed by atoms with Crippen molar-refractivity contribution < 1.29 is 8.42 Å². The van der Waals surface area contributed by atoms with E-state index in [1.54, 1.807) is 12.1 Å². The molecule has 0 aliphatic heterocycles. The van der Waals surface area contributed by atoms with Crippen molar-refractivity contribution in [3.05, 3.63) is 23.2 Å². The number of rotatable bonds is 9. The number of anilines is 2. The second kappa shape index (κ2) is 8.49. The van der Waals surface area contributed by atoms with Gasteiger partial charge in [-0.05, 0) is 31.5 Å². The predicted molar refractivity (Wildman–Crippen MR) is 91.8 cm³/mol. The van der Waals surface area contributed by atoms with E-state index in [0.29, 0.717) is 16.8 Å². The Labute approximate surface area is 133 Å². The lowest BCUT2D eigenvalue weighted by molar-refractivity contribution is 0.594. The number of halogens is 1. The number of hydrogen-bond donors (Lipinski definition) is 2. The molecule has 21 heavy (non-hydrogen) atoms. The van der Waals surface area contributed by atoms with Crippen LogP contribution in [0.5, 0.6) is 0 Å². The molecule has 120 valence electrons. The zero-order valence-corrected chi connectivity index (χ0v) is 14.5. The number of hydrogen-bond acceptors (Lipinski definition) is 3. The minimum atomic E-state index is -3.31. The van der Waals surface area contributed by atoms with Crippen molar-refractivity contribution in [3.63, 3.8) is 0 Å². The van der Waals surface area contributed by atoms with E-state index in [2.05, 4.69) is 23.9 Å². The van der Waals surface area contributed by atoms with Crippen molar-refractivity contribution >= 4 is 33.0 Å². The van der Waals surface area contributed by atoms with E-state index < -0.39 is 10.0 Å². The van der Waals surface area contributed by atoms with Crippen molar-refractivity contribution in [2.24, 2.45) is 0 Å². The van der Waals surface area contributed by atoms with Gasteiger partial charge in [0.05, 0.1) is 17.0 Å². The van der Waals surface area contributed by atoms with E-state index in [1.807, 2.05) is 6.07 Å². The van der Waals surface area contributed by atoms with Crippen molar-refractivity contribution in [3.8, 4) is 0 Å². The minimum Gasteiger partial charge on any atom is -0.383 e. The molecule has 6 heteroatoms. The maximum absolute atomic E-state index is 11.2. The van der Waals surface area contributed by atoms with Crippen LogP contribution in [0.1, 0.15) is 46.0 Å². The molecule has 1 aromatic carbocycles. The van der Waals surface area contributed by atoms with Crippen LogP contribution < -0.4 is 10.0 Å². The van der Waals surface area contributed by atoms with Crippen LogP contribution in [0.4, 0.5) is 11.4 Å². The third kappa shape index (κ3) is 7.58. The second-order valence-corrected chi connectivity index (χ2v) is 7.62. The quantitative estimate of drug-likeness (QED) is 0.655. The highest BCUT2D eigenvalue weighted by molar-refractivity contribution is 7.92. The van der Waals surface area contributed by atoms with Gasteiger partial charge in [-0.25, -0.2) is 8.42 Å². The lowest BCUT2D eigenvalue weighted by atomic mass is 10.1. The maximum atomic E-state index is 11.2. The molecule has 0 heterocycles. The topological polar surface area (TPSA) is 58.2 Å². The molecule has 0 radical (unpaired) electrons. The van der Waals surface area contributed by atoms with Crippen molar-refractivity contribution in [2.75, 3.05) is 16.3 Å². The highest BCUT2D eigenvalue weighted by atomic mass is 35.5. The van der Waals surface area contributed by atoms with Gasteiger partial charge in [0, 0.05) is 11.7 Å². The Bertz CT molecular complexity index is 547. The van der Waals surface area contributed by atoms with Crippen LogP contribution in [0.15, 0.2) is 18.2 Å². The molecular formula is C15H25ClN2O2S. The second-order valence-electron chi connectivity index (χ2n) is 5.46. The number of benzene rings is 1. The molecule has 0 saturated heterocycles. The molecule has 0 spiro atoms. The minimum absolute atomic E-state index is 0.367. The van der Waals surface area contributed by atoms with Crippen LogP contribution >= 0.6 is 11.6 Å². The van der Waals surface area contributed by atoms with Crippen LogP contribution in [0, 0.1) is 0 Å². The highest BCUT2D eigenvalue weighted by Gasteiger charge is 2.08. The summed E-state index contributed by atoms with van der Waals surface area (Å²) in [7, 11) is -3.31. The molecule has 1 unspecified atom stereocenters. The van der Waals surface area contributed by atoms with Gasteiger partial charge in [0.15, 0.2) is 0 Å². The Morgan fingerprint density at radius 1 is 1.24 bits per heavy atom. The highest BCUT2D eigenvalue weighted by Crippen LogP contribution is 2.26. The Morgan fingerprint density at radius 3 is 2.52 bits per heavy atom. The summed E-state index contributed by atoms with van der Waals surface area (Å²) in [5.41, 5.74) is 1.31. The van der Waals surface area contributed by atoms with Crippen LogP contribution in [0.2, 0.25) is 5.02 Å². The summed E-state index contributed by atoms with van der Waals surface area (Å²) in [6, 6.07) is 5.63. The van der Waals surface area contributed by atoms with Crippen molar-refractivity contribution in [1.29, 1.82) is 0 Å². The smallest absolute Gasteiger partial charge is 0.229 e. The van der Waals surface area contributed by atoms with Gasteiger partial charge in [0.2, 0.25) is 10.0 Å². The first-order valence-corrected chi connectivity index (χ1v) is 9.62. The van der Waals surface area contributed by atoms with Gasteiger partial charge in [-0.15, -0.1) is 0 Å². The molecule has 1 atom stereocenters. The fraction of sp³-hybridized carbons (Fsp3) is 0.600. The lowest BCUT2D eigenvalue weighted by Crippen LogP contribution is -2.15.